The zero-order chi connectivity index (χ0) is 20.2. The lowest BCUT2D eigenvalue weighted by molar-refractivity contribution is 0.390. The van der Waals surface area contributed by atoms with Crippen LogP contribution in [-0.2, 0) is 6.42 Å². The van der Waals surface area contributed by atoms with Crippen molar-refractivity contribution in [2.75, 3.05) is 13.7 Å². The second-order valence-corrected chi connectivity index (χ2v) is 7.43. The number of H-pyrrole nitrogens is 1. The van der Waals surface area contributed by atoms with Crippen molar-refractivity contribution in [1.29, 1.82) is 0 Å². The van der Waals surface area contributed by atoms with E-state index in [-0.39, 0.29) is 6.04 Å². The fourth-order valence-corrected chi connectivity index (χ4v) is 3.62. The van der Waals surface area contributed by atoms with Crippen molar-refractivity contribution >= 4 is 10.9 Å². The molecule has 7 nitrogen and oxygen atoms in total. The first-order valence-corrected chi connectivity index (χ1v) is 9.88. The van der Waals surface area contributed by atoms with Crippen LogP contribution in [0.25, 0.3) is 16.6 Å². The standard InChI is InChI=1S/C22H26N6O/c1-15(2)21(23-13-12-16-14-24-20-7-5-4-6-19(16)20)22-25-26-27-28(22)17-8-10-18(29-3)11-9-17/h4-11,14-15,21,23-24H,12-13H2,1-3H3/t21-/m1/s1. The molecule has 2 heterocycles. The average Bonchev–Trinajstić information content (AvgIpc) is 3.38. The molecular weight excluding hydrogens is 364 g/mol. The molecule has 0 aliphatic rings. The lowest BCUT2D eigenvalue weighted by atomic mass is 10.0. The largest absolute Gasteiger partial charge is 0.497 e. The molecule has 2 aromatic heterocycles. The van der Waals surface area contributed by atoms with Gasteiger partial charge in [0.15, 0.2) is 5.82 Å². The second kappa shape index (κ2) is 8.45. The van der Waals surface area contributed by atoms with Crippen molar-refractivity contribution in [3.05, 3.63) is 66.1 Å². The maximum absolute atomic E-state index is 5.25. The topological polar surface area (TPSA) is 80.7 Å². The number of para-hydroxylation sites is 1. The molecule has 0 aliphatic heterocycles. The number of tetrazole rings is 1. The first-order chi connectivity index (χ1) is 14.2. The summed E-state index contributed by atoms with van der Waals surface area (Å²) >= 11 is 0. The Kier molecular flexibility index (Phi) is 5.57. The molecule has 0 spiro atoms. The van der Waals surface area contributed by atoms with E-state index in [1.807, 2.05) is 24.3 Å². The number of methoxy groups -OCH3 is 1. The van der Waals surface area contributed by atoms with Crippen molar-refractivity contribution in [1.82, 2.24) is 30.5 Å². The molecule has 2 N–H and O–H groups in total. The third kappa shape index (κ3) is 4.00. The van der Waals surface area contributed by atoms with Gasteiger partial charge in [0.05, 0.1) is 18.8 Å². The van der Waals surface area contributed by atoms with E-state index >= 15 is 0 Å². The molecule has 1 atom stereocenters. The van der Waals surface area contributed by atoms with Gasteiger partial charge < -0.3 is 15.0 Å². The van der Waals surface area contributed by atoms with Crippen LogP contribution in [0.15, 0.2) is 54.7 Å². The number of hydrogen-bond donors (Lipinski definition) is 2. The predicted octanol–water partition coefficient (Wildman–Crippen LogP) is 3.68. The number of fused-ring (bicyclic) bond motifs is 1. The summed E-state index contributed by atoms with van der Waals surface area (Å²) in [6.45, 7) is 5.19. The van der Waals surface area contributed by atoms with Crippen molar-refractivity contribution < 1.29 is 4.74 Å². The fourth-order valence-electron chi connectivity index (χ4n) is 3.62. The Balaban J connectivity index is 1.50. The molecule has 0 fully saturated rings. The highest BCUT2D eigenvalue weighted by atomic mass is 16.5. The van der Waals surface area contributed by atoms with E-state index in [0.29, 0.717) is 5.92 Å². The highest BCUT2D eigenvalue weighted by Gasteiger charge is 2.23. The van der Waals surface area contributed by atoms with Crippen LogP contribution in [0.3, 0.4) is 0 Å². The molecule has 0 bridgehead atoms. The van der Waals surface area contributed by atoms with Gasteiger partial charge in [-0.1, -0.05) is 32.0 Å². The number of rotatable bonds is 8. The molecule has 0 aliphatic carbocycles. The molecule has 4 rings (SSSR count). The van der Waals surface area contributed by atoms with Crippen LogP contribution >= 0.6 is 0 Å². The third-order valence-electron chi connectivity index (χ3n) is 5.19. The first kappa shape index (κ1) is 19.1. The average molecular weight is 390 g/mol. The molecule has 150 valence electrons. The number of aromatic amines is 1. The molecule has 0 saturated carbocycles. The Morgan fingerprint density at radius 2 is 1.90 bits per heavy atom. The monoisotopic (exact) mass is 390 g/mol. The Bertz CT molecular complexity index is 1070. The molecule has 4 aromatic rings. The number of hydrogen-bond acceptors (Lipinski definition) is 5. The van der Waals surface area contributed by atoms with E-state index < -0.39 is 0 Å². The van der Waals surface area contributed by atoms with E-state index in [1.165, 1.54) is 16.5 Å². The molecule has 7 heteroatoms. The van der Waals surface area contributed by atoms with Crippen LogP contribution in [0, 0.1) is 5.92 Å². The van der Waals surface area contributed by atoms with Gasteiger partial charge in [0.25, 0.3) is 0 Å². The second-order valence-electron chi connectivity index (χ2n) is 7.43. The zero-order valence-corrected chi connectivity index (χ0v) is 17.0. The van der Waals surface area contributed by atoms with Crippen molar-refractivity contribution in [3.8, 4) is 11.4 Å². The lowest BCUT2D eigenvalue weighted by Gasteiger charge is -2.21. The fraction of sp³-hybridized carbons (Fsp3) is 0.318. The summed E-state index contributed by atoms with van der Waals surface area (Å²) < 4.78 is 7.04. The van der Waals surface area contributed by atoms with Gasteiger partial charge in [0, 0.05) is 17.1 Å². The quantitative estimate of drug-likeness (QED) is 0.480. The minimum absolute atomic E-state index is 0.0392. The smallest absolute Gasteiger partial charge is 0.173 e. The molecule has 0 amide bonds. The zero-order valence-electron chi connectivity index (χ0n) is 17.0. The SMILES string of the molecule is COc1ccc(-n2nnnc2[C@H](NCCc2c[nH]c3ccccc23)C(C)C)cc1. The number of ether oxygens (including phenoxy) is 1. The summed E-state index contributed by atoms with van der Waals surface area (Å²) in [5, 5.41) is 17.4. The first-order valence-electron chi connectivity index (χ1n) is 9.88. The maximum Gasteiger partial charge on any atom is 0.173 e. The van der Waals surface area contributed by atoms with Crippen LogP contribution < -0.4 is 10.1 Å². The van der Waals surface area contributed by atoms with E-state index in [2.05, 4.69) is 70.1 Å². The van der Waals surface area contributed by atoms with Gasteiger partial charge in [-0.05, 0) is 65.2 Å². The van der Waals surface area contributed by atoms with Crippen molar-refractivity contribution in [2.45, 2.75) is 26.3 Å². The van der Waals surface area contributed by atoms with Crippen molar-refractivity contribution in [2.24, 2.45) is 5.92 Å². The summed E-state index contributed by atoms with van der Waals surface area (Å²) in [6, 6.07) is 16.2. The normalized spacial score (nSPS) is 12.6. The van der Waals surface area contributed by atoms with Crippen molar-refractivity contribution in [3.63, 3.8) is 0 Å². The summed E-state index contributed by atoms with van der Waals surface area (Å²) in [5.74, 6) is 1.95. The number of nitrogens with one attached hydrogen (secondary N) is 2. The van der Waals surface area contributed by atoms with Crippen LogP contribution in [0.5, 0.6) is 5.75 Å². The van der Waals surface area contributed by atoms with Gasteiger partial charge in [-0.15, -0.1) is 5.10 Å². The minimum atomic E-state index is 0.0392. The number of aromatic nitrogens is 5. The minimum Gasteiger partial charge on any atom is -0.497 e. The van der Waals surface area contributed by atoms with Crippen LogP contribution in [0.1, 0.15) is 31.3 Å². The highest BCUT2D eigenvalue weighted by molar-refractivity contribution is 5.83. The lowest BCUT2D eigenvalue weighted by Crippen LogP contribution is -2.30. The van der Waals surface area contributed by atoms with Crippen LogP contribution in [0.2, 0.25) is 0 Å². The van der Waals surface area contributed by atoms with E-state index in [1.54, 1.807) is 11.8 Å². The molecule has 0 saturated heterocycles. The molecule has 0 radical (unpaired) electrons. The van der Waals surface area contributed by atoms with E-state index in [0.717, 1.165) is 30.2 Å². The van der Waals surface area contributed by atoms with Gasteiger partial charge in [-0.2, -0.15) is 4.68 Å². The molecule has 29 heavy (non-hydrogen) atoms. The molecular formula is C22H26N6O. The summed E-state index contributed by atoms with van der Waals surface area (Å²) in [7, 11) is 1.66. The molecule has 0 unspecified atom stereocenters. The Morgan fingerprint density at radius 1 is 1.10 bits per heavy atom. The molecule has 2 aromatic carbocycles. The van der Waals surface area contributed by atoms with Gasteiger partial charge in [-0.25, -0.2) is 0 Å². The summed E-state index contributed by atoms with van der Waals surface area (Å²) in [6.07, 6.45) is 3.02. The Labute approximate surface area is 170 Å². The maximum atomic E-state index is 5.25. The summed E-state index contributed by atoms with van der Waals surface area (Å²) in [4.78, 5) is 3.34. The van der Waals surface area contributed by atoms with Crippen LogP contribution in [-0.4, -0.2) is 38.8 Å². The highest BCUT2D eigenvalue weighted by Crippen LogP contribution is 2.23. The van der Waals surface area contributed by atoms with Gasteiger partial charge >= 0.3 is 0 Å². The van der Waals surface area contributed by atoms with E-state index in [4.69, 9.17) is 4.74 Å². The number of nitrogens with zero attached hydrogens (tertiary/aromatic N) is 4. The third-order valence-corrected chi connectivity index (χ3v) is 5.19. The van der Waals surface area contributed by atoms with Gasteiger partial charge in [0.2, 0.25) is 0 Å². The van der Waals surface area contributed by atoms with Gasteiger partial charge in [0.1, 0.15) is 5.75 Å². The Morgan fingerprint density at radius 3 is 2.66 bits per heavy atom. The number of benzene rings is 2. The summed E-state index contributed by atoms with van der Waals surface area (Å²) in [5.41, 5.74) is 3.39. The van der Waals surface area contributed by atoms with Crippen LogP contribution in [0.4, 0.5) is 0 Å². The predicted molar refractivity (Wildman–Crippen MR) is 113 cm³/mol. The Hall–Kier alpha value is -3.19. The van der Waals surface area contributed by atoms with E-state index in [9.17, 15) is 0 Å². The van der Waals surface area contributed by atoms with Gasteiger partial charge in [-0.3, -0.25) is 0 Å².